The zero-order valence-electron chi connectivity index (χ0n) is 11.7. The summed E-state index contributed by atoms with van der Waals surface area (Å²) in [5.74, 6) is -1.45. The molecular weight excluding hydrogens is 298 g/mol. The smallest absolute Gasteiger partial charge is 0.303 e. The Kier molecular flexibility index (Phi) is 4.06. The minimum absolute atomic E-state index is 0.0374. The third-order valence-corrected chi connectivity index (χ3v) is 5.26. The van der Waals surface area contributed by atoms with Crippen molar-refractivity contribution in [2.45, 2.75) is 11.3 Å². The van der Waals surface area contributed by atoms with E-state index in [0.717, 1.165) is 0 Å². The van der Waals surface area contributed by atoms with Crippen LogP contribution in [0, 0.1) is 5.92 Å². The van der Waals surface area contributed by atoms with E-state index < -0.39 is 16.0 Å². The van der Waals surface area contributed by atoms with Gasteiger partial charge in [0.2, 0.25) is 10.0 Å². The Balaban J connectivity index is 2.15. The molecule has 1 aromatic rings. The number of hydrogen-bond donors (Lipinski definition) is 2. The molecule has 1 aromatic heterocycles. The van der Waals surface area contributed by atoms with Crippen LogP contribution in [0.2, 0.25) is 0 Å². The highest BCUT2D eigenvalue weighted by atomic mass is 32.2. The molecule has 0 radical (unpaired) electrons. The molecule has 116 valence electrons. The molecule has 0 spiro atoms. The van der Waals surface area contributed by atoms with E-state index in [9.17, 15) is 18.0 Å². The predicted molar refractivity (Wildman–Crippen MR) is 73.3 cm³/mol. The van der Waals surface area contributed by atoms with Gasteiger partial charge < -0.3 is 15.0 Å². The van der Waals surface area contributed by atoms with E-state index in [1.54, 1.807) is 7.05 Å². The zero-order valence-corrected chi connectivity index (χ0v) is 12.6. The van der Waals surface area contributed by atoms with Crippen molar-refractivity contribution in [2.24, 2.45) is 13.0 Å². The average molecular weight is 315 g/mol. The van der Waals surface area contributed by atoms with Gasteiger partial charge in [0.25, 0.3) is 5.91 Å². The summed E-state index contributed by atoms with van der Waals surface area (Å²) < 4.78 is 27.4. The molecule has 2 heterocycles. The van der Waals surface area contributed by atoms with Gasteiger partial charge in [0.15, 0.2) is 0 Å². The molecule has 9 heteroatoms. The number of sulfonamides is 1. The fourth-order valence-corrected chi connectivity index (χ4v) is 3.94. The Hall–Kier alpha value is -1.87. The van der Waals surface area contributed by atoms with E-state index in [1.165, 1.54) is 28.2 Å². The second kappa shape index (κ2) is 5.49. The average Bonchev–Trinajstić information content (AvgIpc) is 2.74. The van der Waals surface area contributed by atoms with Gasteiger partial charge in [-0.2, -0.15) is 4.31 Å². The first-order valence-electron chi connectivity index (χ1n) is 6.36. The van der Waals surface area contributed by atoms with Gasteiger partial charge in [-0.05, 0) is 12.0 Å². The topological polar surface area (TPSA) is 109 Å². The lowest BCUT2D eigenvalue weighted by molar-refractivity contribution is -0.139. The molecule has 1 aliphatic heterocycles. The summed E-state index contributed by atoms with van der Waals surface area (Å²) in [5.41, 5.74) is 0.249. The largest absolute Gasteiger partial charge is 0.481 e. The number of amides is 1. The van der Waals surface area contributed by atoms with Gasteiger partial charge in [-0.15, -0.1) is 0 Å². The summed E-state index contributed by atoms with van der Waals surface area (Å²) in [6.45, 7) is 0.387. The molecule has 1 aliphatic rings. The van der Waals surface area contributed by atoms with Crippen LogP contribution in [0.5, 0.6) is 0 Å². The number of carboxylic acid groups (broad SMARTS) is 1. The van der Waals surface area contributed by atoms with E-state index in [4.69, 9.17) is 5.11 Å². The Morgan fingerprint density at radius 2 is 2.05 bits per heavy atom. The minimum atomic E-state index is -3.67. The van der Waals surface area contributed by atoms with Crippen LogP contribution in [-0.2, 0) is 21.9 Å². The van der Waals surface area contributed by atoms with Crippen molar-refractivity contribution >= 4 is 21.9 Å². The van der Waals surface area contributed by atoms with Crippen LogP contribution in [0.15, 0.2) is 17.2 Å². The van der Waals surface area contributed by atoms with Crippen molar-refractivity contribution in [3.8, 4) is 0 Å². The molecule has 1 saturated heterocycles. The molecule has 2 rings (SSSR count). The van der Waals surface area contributed by atoms with Crippen molar-refractivity contribution in [2.75, 3.05) is 20.1 Å². The van der Waals surface area contributed by atoms with Crippen LogP contribution in [0.4, 0.5) is 0 Å². The van der Waals surface area contributed by atoms with E-state index in [-0.39, 0.29) is 41.9 Å². The predicted octanol–water partition coefficient (Wildman–Crippen LogP) is -0.520. The number of nitrogens with zero attached hydrogens (tertiary/aromatic N) is 2. The number of carbonyl (C=O) groups is 2. The maximum absolute atomic E-state index is 12.4. The number of carboxylic acids is 1. The Labute approximate surface area is 122 Å². The van der Waals surface area contributed by atoms with Gasteiger partial charge in [0.1, 0.15) is 10.6 Å². The fraction of sp³-hybridized carbons (Fsp3) is 0.500. The Morgan fingerprint density at radius 3 is 2.57 bits per heavy atom. The quantitative estimate of drug-likeness (QED) is 0.760. The number of nitrogens with one attached hydrogen (secondary N) is 1. The van der Waals surface area contributed by atoms with E-state index in [2.05, 4.69) is 5.32 Å². The first kappa shape index (κ1) is 15.5. The maximum atomic E-state index is 12.4. The van der Waals surface area contributed by atoms with Crippen LogP contribution in [0.1, 0.15) is 16.9 Å². The first-order chi connectivity index (χ1) is 9.75. The highest BCUT2D eigenvalue weighted by Gasteiger charge is 2.38. The van der Waals surface area contributed by atoms with Crippen molar-refractivity contribution in [1.29, 1.82) is 0 Å². The van der Waals surface area contributed by atoms with Gasteiger partial charge in [-0.3, -0.25) is 9.59 Å². The molecule has 0 bridgehead atoms. The molecule has 0 saturated carbocycles. The van der Waals surface area contributed by atoms with Crippen molar-refractivity contribution < 1.29 is 23.1 Å². The Morgan fingerprint density at radius 1 is 1.43 bits per heavy atom. The van der Waals surface area contributed by atoms with Crippen LogP contribution in [-0.4, -0.2) is 54.4 Å². The molecule has 0 unspecified atom stereocenters. The standard InChI is InChI=1S/C12H17N3O5S/c1-13-12(18)10-4-9(7-14(10)2)21(19,20)15-5-8(6-15)3-11(16)17/h4,7-8H,3,5-6H2,1-2H3,(H,13,18)(H,16,17). The SMILES string of the molecule is CNC(=O)c1cc(S(=O)(=O)N2CC(CC(=O)O)C2)cn1C. The minimum Gasteiger partial charge on any atom is -0.481 e. The highest BCUT2D eigenvalue weighted by molar-refractivity contribution is 7.89. The van der Waals surface area contributed by atoms with E-state index in [1.807, 2.05) is 0 Å². The fourth-order valence-electron chi connectivity index (χ4n) is 2.27. The van der Waals surface area contributed by atoms with Crippen molar-refractivity contribution in [1.82, 2.24) is 14.2 Å². The molecule has 1 amide bonds. The third kappa shape index (κ3) is 2.93. The number of aryl methyl sites for hydroxylation is 1. The maximum Gasteiger partial charge on any atom is 0.303 e. The number of carbonyl (C=O) groups excluding carboxylic acids is 1. The molecule has 0 atom stereocenters. The molecular formula is C12H17N3O5S. The van der Waals surface area contributed by atoms with E-state index >= 15 is 0 Å². The summed E-state index contributed by atoms with van der Waals surface area (Å²) in [6.07, 6.45) is 1.34. The molecule has 21 heavy (non-hydrogen) atoms. The summed E-state index contributed by atoms with van der Waals surface area (Å²) in [7, 11) is -0.617. The van der Waals surface area contributed by atoms with Gasteiger partial charge in [-0.25, -0.2) is 8.42 Å². The van der Waals surface area contributed by atoms with Crippen LogP contribution >= 0.6 is 0 Å². The molecule has 1 fully saturated rings. The van der Waals surface area contributed by atoms with Gasteiger partial charge in [-0.1, -0.05) is 0 Å². The third-order valence-electron chi connectivity index (χ3n) is 3.46. The van der Waals surface area contributed by atoms with Crippen molar-refractivity contribution in [3.05, 3.63) is 18.0 Å². The molecule has 0 aromatic carbocycles. The normalized spacial score (nSPS) is 16.5. The van der Waals surface area contributed by atoms with E-state index in [0.29, 0.717) is 0 Å². The lowest BCUT2D eigenvalue weighted by Gasteiger charge is -2.36. The van der Waals surface area contributed by atoms with Gasteiger partial charge in [0.05, 0.1) is 6.42 Å². The summed E-state index contributed by atoms with van der Waals surface area (Å²) in [5, 5.41) is 11.1. The molecule has 8 nitrogen and oxygen atoms in total. The first-order valence-corrected chi connectivity index (χ1v) is 7.80. The van der Waals surface area contributed by atoms with Crippen LogP contribution in [0.25, 0.3) is 0 Å². The molecule has 2 N–H and O–H groups in total. The van der Waals surface area contributed by atoms with Crippen LogP contribution in [0.3, 0.4) is 0 Å². The Bertz CT molecular complexity index is 673. The summed E-state index contributed by atoms with van der Waals surface area (Å²) in [6, 6.07) is 1.32. The zero-order chi connectivity index (χ0) is 15.8. The number of rotatable bonds is 5. The number of aromatic nitrogens is 1. The second-order valence-corrected chi connectivity index (χ2v) is 6.97. The second-order valence-electron chi connectivity index (χ2n) is 5.04. The monoisotopic (exact) mass is 315 g/mol. The summed E-state index contributed by atoms with van der Waals surface area (Å²) >= 11 is 0. The van der Waals surface area contributed by atoms with Crippen molar-refractivity contribution in [3.63, 3.8) is 0 Å². The van der Waals surface area contributed by atoms with Crippen LogP contribution < -0.4 is 5.32 Å². The number of hydrogen-bond acceptors (Lipinski definition) is 4. The lowest BCUT2D eigenvalue weighted by Crippen LogP contribution is -2.50. The lowest BCUT2D eigenvalue weighted by atomic mass is 10.00. The highest BCUT2D eigenvalue weighted by Crippen LogP contribution is 2.27. The van der Waals surface area contributed by atoms with Gasteiger partial charge in [0, 0.05) is 33.4 Å². The molecule has 0 aliphatic carbocycles. The number of aliphatic carboxylic acids is 1. The summed E-state index contributed by atoms with van der Waals surface area (Å²) in [4.78, 5) is 22.2. The van der Waals surface area contributed by atoms with Gasteiger partial charge >= 0.3 is 5.97 Å².